The SMILES string of the molecule is O=S(=O)(c1ccc(F)cc1)N1CCN(c2nc(Cc3ccc(F)c(F)c3)cs2)CC1. The molecule has 1 aromatic heterocycles. The maximum atomic E-state index is 13.4. The number of sulfonamides is 1. The summed E-state index contributed by atoms with van der Waals surface area (Å²) in [4.78, 5) is 6.62. The van der Waals surface area contributed by atoms with E-state index in [9.17, 15) is 21.6 Å². The van der Waals surface area contributed by atoms with Gasteiger partial charge >= 0.3 is 0 Å². The lowest BCUT2D eigenvalue weighted by Crippen LogP contribution is -2.48. The minimum Gasteiger partial charge on any atom is -0.345 e. The summed E-state index contributed by atoms with van der Waals surface area (Å²) in [6, 6.07) is 8.58. The Balaban J connectivity index is 1.40. The van der Waals surface area contributed by atoms with E-state index in [1.165, 1.54) is 33.8 Å². The van der Waals surface area contributed by atoms with Crippen molar-refractivity contribution < 1.29 is 21.6 Å². The van der Waals surface area contributed by atoms with Gasteiger partial charge in [-0.15, -0.1) is 11.3 Å². The Bertz CT molecular complexity index is 1140. The molecule has 0 bridgehead atoms. The number of hydrogen-bond donors (Lipinski definition) is 0. The van der Waals surface area contributed by atoms with Gasteiger partial charge in [0, 0.05) is 38.0 Å². The van der Waals surface area contributed by atoms with Crippen molar-refractivity contribution >= 4 is 26.5 Å². The lowest BCUT2D eigenvalue weighted by molar-refractivity contribution is 0.384. The molecule has 10 heteroatoms. The summed E-state index contributed by atoms with van der Waals surface area (Å²) in [6.07, 6.45) is 0.382. The molecule has 2 heterocycles. The highest BCUT2D eigenvalue weighted by Crippen LogP contribution is 2.25. The first kappa shape index (κ1) is 20.8. The predicted octanol–water partition coefficient (Wildman–Crippen LogP) is 3.66. The number of piperazine rings is 1. The van der Waals surface area contributed by atoms with E-state index >= 15 is 0 Å². The molecular formula is C20H18F3N3O2S2. The number of benzene rings is 2. The van der Waals surface area contributed by atoms with E-state index in [0.717, 1.165) is 35.1 Å². The predicted molar refractivity (Wildman–Crippen MR) is 109 cm³/mol. The lowest BCUT2D eigenvalue weighted by Gasteiger charge is -2.33. The second kappa shape index (κ2) is 8.37. The minimum absolute atomic E-state index is 0.0698. The number of aromatic nitrogens is 1. The van der Waals surface area contributed by atoms with Crippen molar-refractivity contribution in [2.75, 3.05) is 31.1 Å². The minimum atomic E-state index is -3.67. The average molecular weight is 454 g/mol. The Morgan fingerprint density at radius 3 is 2.30 bits per heavy atom. The van der Waals surface area contributed by atoms with Crippen LogP contribution in [0.3, 0.4) is 0 Å². The normalized spacial score (nSPS) is 15.5. The van der Waals surface area contributed by atoms with Crippen LogP contribution in [-0.4, -0.2) is 43.9 Å². The van der Waals surface area contributed by atoms with Crippen LogP contribution in [0.4, 0.5) is 18.3 Å². The Morgan fingerprint density at radius 1 is 0.933 bits per heavy atom. The molecule has 2 aromatic carbocycles. The molecule has 0 aliphatic carbocycles. The van der Waals surface area contributed by atoms with Gasteiger partial charge in [-0.25, -0.2) is 26.6 Å². The maximum absolute atomic E-state index is 13.4. The van der Waals surface area contributed by atoms with Gasteiger partial charge in [0.2, 0.25) is 10.0 Å². The summed E-state index contributed by atoms with van der Waals surface area (Å²) < 4.78 is 66.3. The van der Waals surface area contributed by atoms with Crippen LogP contribution >= 0.6 is 11.3 Å². The van der Waals surface area contributed by atoms with Crippen LogP contribution in [0, 0.1) is 17.5 Å². The first-order valence-electron chi connectivity index (χ1n) is 9.22. The number of thiazole rings is 1. The summed E-state index contributed by atoms with van der Waals surface area (Å²) in [6.45, 7) is 1.52. The molecule has 4 rings (SSSR count). The van der Waals surface area contributed by atoms with Crippen molar-refractivity contribution in [1.29, 1.82) is 0 Å². The summed E-state index contributed by atoms with van der Waals surface area (Å²) in [7, 11) is -3.67. The van der Waals surface area contributed by atoms with Crippen LogP contribution in [0.1, 0.15) is 11.3 Å². The molecule has 3 aromatic rings. The van der Waals surface area contributed by atoms with Crippen molar-refractivity contribution in [3.8, 4) is 0 Å². The monoisotopic (exact) mass is 453 g/mol. The highest BCUT2D eigenvalue weighted by Gasteiger charge is 2.29. The number of halogens is 3. The van der Waals surface area contributed by atoms with Gasteiger partial charge in [0.1, 0.15) is 5.82 Å². The Morgan fingerprint density at radius 2 is 1.63 bits per heavy atom. The summed E-state index contributed by atoms with van der Waals surface area (Å²) in [5, 5.41) is 2.62. The summed E-state index contributed by atoms with van der Waals surface area (Å²) in [5.41, 5.74) is 1.36. The quantitative estimate of drug-likeness (QED) is 0.592. The van der Waals surface area contributed by atoms with E-state index in [1.54, 1.807) is 0 Å². The molecule has 0 atom stereocenters. The summed E-state index contributed by atoms with van der Waals surface area (Å²) in [5.74, 6) is -2.26. The van der Waals surface area contributed by atoms with E-state index in [2.05, 4.69) is 4.98 Å². The highest BCUT2D eigenvalue weighted by atomic mass is 32.2. The molecule has 0 saturated carbocycles. The number of rotatable bonds is 5. The molecule has 158 valence electrons. The molecule has 0 amide bonds. The topological polar surface area (TPSA) is 53.5 Å². The van der Waals surface area contributed by atoms with Gasteiger partial charge in [-0.1, -0.05) is 6.07 Å². The van der Waals surface area contributed by atoms with Crippen LogP contribution in [0.15, 0.2) is 52.7 Å². The van der Waals surface area contributed by atoms with Gasteiger partial charge in [-0.2, -0.15) is 4.31 Å². The molecule has 1 aliphatic heterocycles. The number of anilines is 1. The fourth-order valence-corrected chi connectivity index (χ4v) is 5.56. The Labute approximate surface area is 176 Å². The lowest BCUT2D eigenvalue weighted by atomic mass is 10.1. The molecule has 1 aliphatic rings. The zero-order valence-electron chi connectivity index (χ0n) is 15.8. The number of nitrogens with zero attached hydrogens (tertiary/aromatic N) is 3. The van der Waals surface area contributed by atoms with Gasteiger partial charge in [0.25, 0.3) is 0 Å². The fourth-order valence-electron chi connectivity index (χ4n) is 3.26. The van der Waals surface area contributed by atoms with Crippen molar-refractivity contribution in [3.05, 3.63) is 76.6 Å². The molecule has 0 unspecified atom stereocenters. The van der Waals surface area contributed by atoms with Crippen LogP contribution in [0.25, 0.3) is 0 Å². The van der Waals surface area contributed by atoms with E-state index in [4.69, 9.17) is 0 Å². The number of hydrogen-bond acceptors (Lipinski definition) is 5. The zero-order chi connectivity index (χ0) is 21.3. The second-order valence-electron chi connectivity index (χ2n) is 6.89. The van der Waals surface area contributed by atoms with E-state index in [1.807, 2.05) is 10.3 Å². The first-order chi connectivity index (χ1) is 14.3. The second-order valence-corrected chi connectivity index (χ2v) is 9.67. The summed E-state index contributed by atoms with van der Waals surface area (Å²) >= 11 is 1.43. The molecular weight excluding hydrogens is 435 g/mol. The van der Waals surface area contributed by atoms with Crippen molar-refractivity contribution in [1.82, 2.24) is 9.29 Å². The van der Waals surface area contributed by atoms with Gasteiger partial charge in [0.15, 0.2) is 16.8 Å². The van der Waals surface area contributed by atoms with E-state index < -0.39 is 27.5 Å². The third-order valence-electron chi connectivity index (χ3n) is 4.87. The molecule has 0 spiro atoms. The Kier molecular flexibility index (Phi) is 5.81. The smallest absolute Gasteiger partial charge is 0.243 e. The molecule has 1 saturated heterocycles. The third-order valence-corrected chi connectivity index (χ3v) is 7.73. The zero-order valence-corrected chi connectivity index (χ0v) is 17.4. The van der Waals surface area contributed by atoms with Crippen molar-refractivity contribution in [3.63, 3.8) is 0 Å². The molecule has 30 heavy (non-hydrogen) atoms. The van der Waals surface area contributed by atoms with Crippen LogP contribution < -0.4 is 4.90 Å². The standard InChI is InChI=1S/C20H18F3N3O2S2/c21-15-2-4-17(5-3-15)30(27,28)26-9-7-25(8-10-26)20-24-16(13-29-20)11-14-1-6-18(22)19(23)12-14/h1-6,12-13H,7-11H2. The third kappa shape index (κ3) is 4.35. The highest BCUT2D eigenvalue weighted by molar-refractivity contribution is 7.89. The van der Waals surface area contributed by atoms with Gasteiger partial charge in [0.05, 0.1) is 10.6 Å². The van der Waals surface area contributed by atoms with Crippen LogP contribution in [0.5, 0.6) is 0 Å². The largest absolute Gasteiger partial charge is 0.345 e. The van der Waals surface area contributed by atoms with E-state index in [0.29, 0.717) is 25.1 Å². The van der Waals surface area contributed by atoms with Crippen LogP contribution in [0.2, 0.25) is 0 Å². The maximum Gasteiger partial charge on any atom is 0.243 e. The molecule has 1 fully saturated rings. The first-order valence-corrected chi connectivity index (χ1v) is 11.5. The molecule has 0 N–H and O–H groups in total. The molecule has 0 radical (unpaired) electrons. The van der Waals surface area contributed by atoms with Crippen LogP contribution in [-0.2, 0) is 16.4 Å². The van der Waals surface area contributed by atoms with Gasteiger partial charge < -0.3 is 4.90 Å². The van der Waals surface area contributed by atoms with E-state index in [-0.39, 0.29) is 18.0 Å². The Hall–Kier alpha value is -2.43. The van der Waals surface area contributed by atoms with Gasteiger partial charge in [-0.3, -0.25) is 0 Å². The van der Waals surface area contributed by atoms with Crippen molar-refractivity contribution in [2.45, 2.75) is 11.3 Å². The fraction of sp³-hybridized carbons (Fsp3) is 0.250. The average Bonchev–Trinajstić information content (AvgIpc) is 3.20. The van der Waals surface area contributed by atoms with Crippen molar-refractivity contribution in [2.24, 2.45) is 0 Å². The van der Waals surface area contributed by atoms with Gasteiger partial charge in [-0.05, 0) is 42.0 Å². The molecule has 5 nitrogen and oxygen atoms in total.